The van der Waals surface area contributed by atoms with Crippen LogP contribution < -0.4 is 16.6 Å². The van der Waals surface area contributed by atoms with E-state index >= 15 is 0 Å². The SMILES string of the molecule is Cc1cc2c(cc1C)-n1c(-c3ccccc3)c3c(=O)n(C)c(=O)n(C)c3c1[C@H](c1ccco1)N2. The Balaban J connectivity index is 1.90. The minimum absolute atomic E-state index is 0.317. The highest BCUT2D eigenvalue weighted by molar-refractivity contribution is 5.99. The first-order valence-corrected chi connectivity index (χ1v) is 11.2. The van der Waals surface area contributed by atoms with E-state index in [4.69, 9.17) is 4.42 Å². The Kier molecular flexibility index (Phi) is 4.26. The standard InChI is InChI=1S/C27H24N4O3/c1-15-13-18-19(14-16(15)2)31-23(17-9-6-5-7-10-17)21-24(29(3)27(33)30(4)26(21)32)25(31)22(28-18)20-11-8-12-34-20/h5-14,22,28H,1-4H3/t22-/m0/s1. The van der Waals surface area contributed by atoms with Gasteiger partial charge in [-0.05, 0) is 54.8 Å². The van der Waals surface area contributed by atoms with E-state index in [-0.39, 0.29) is 17.3 Å². The fraction of sp³-hybridized carbons (Fsp3) is 0.185. The Hall–Kier alpha value is -4.26. The predicted molar refractivity (Wildman–Crippen MR) is 133 cm³/mol. The van der Waals surface area contributed by atoms with Crippen molar-refractivity contribution in [1.82, 2.24) is 13.7 Å². The van der Waals surface area contributed by atoms with Crippen LogP contribution in [0, 0.1) is 13.8 Å². The maximum absolute atomic E-state index is 13.6. The topological polar surface area (TPSA) is 74.1 Å². The Morgan fingerprint density at radius 2 is 1.65 bits per heavy atom. The summed E-state index contributed by atoms with van der Waals surface area (Å²) in [4.78, 5) is 26.7. The van der Waals surface area contributed by atoms with Crippen molar-refractivity contribution in [2.75, 3.05) is 5.32 Å². The van der Waals surface area contributed by atoms with Gasteiger partial charge in [0.25, 0.3) is 5.56 Å². The van der Waals surface area contributed by atoms with Gasteiger partial charge in [-0.25, -0.2) is 4.79 Å². The number of furan rings is 1. The molecule has 1 atom stereocenters. The van der Waals surface area contributed by atoms with Gasteiger partial charge >= 0.3 is 5.69 Å². The average molecular weight is 453 g/mol. The maximum atomic E-state index is 13.6. The smallest absolute Gasteiger partial charge is 0.331 e. The molecule has 0 unspecified atom stereocenters. The molecule has 5 aromatic rings. The van der Waals surface area contributed by atoms with Crippen LogP contribution >= 0.6 is 0 Å². The van der Waals surface area contributed by atoms with Crippen molar-refractivity contribution in [2.24, 2.45) is 14.1 Å². The molecule has 2 aromatic carbocycles. The summed E-state index contributed by atoms with van der Waals surface area (Å²) in [6.07, 6.45) is 1.64. The lowest BCUT2D eigenvalue weighted by molar-refractivity contribution is 0.492. The molecule has 170 valence electrons. The highest BCUT2D eigenvalue weighted by Crippen LogP contribution is 2.46. The third-order valence-electron chi connectivity index (χ3n) is 6.91. The molecule has 3 aromatic heterocycles. The molecule has 0 aliphatic carbocycles. The zero-order valence-electron chi connectivity index (χ0n) is 19.4. The van der Waals surface area contributed by atoms with Crippen LogP contribution in [0.25, 0.3) is 27.8 Å². The quantitative estimate of drug-likeness (QED) is 0.430. The number of hydrogen-bond acceptors (Lipinski definition) is 4. The highest BCUT2D eigenvalue weighted by atomic mass is 16.3. The van der Waals surface area contributed by atoms with Gasteiger partial charge in [-0.15, -0.1) is 0 Å². The Bertz CT molecular complexity index is 1700. The van der Waals surface area contributed by atoms with Crippen molar-refractivity contribution in [3.8, 4) is 16.9 Å². The number of hydrogen-bond donors (Lipinski definition) is 1. The van der Waals surface area contributed by atoms with Gasteiger partial charge in [0.05, 0.1) is 39.9 Å². The summed E-state index contributed by atoms with van der Waals surface area (Å²) in [5.41, 5.74) is 6.57. The fourth-order valence-electron chi connectivity index (χ4n) is 5.07. The van der Waals surface area contributed by atoms with Crippen LogP contribution in [0.15, 0.2) is 74.9 Å². The van der Waals surface area contributed by atoms with Crippen LogP contribution in [0.4, 0.5) is 5.69 Å². The van der Waals surface area contributed by atoms with E-state index in [0.29, 0.717) is 16.7 Å². The molecule has 4 heterocycles. The Morgan fingerprint density at radius 3 is 2.35 bits per heavy atom. The van der Waals surface area contributed by atoms with Gasteiger partial charge in [0.15, 0.2) is 0 Å². The van der Waals surface area contributed by atoms with Gasteiger partial charge in [-0.3, -0.25) is 13.9 Å². The minimum atomic E-state index is -0.387. The number of benzene rings is 2. The van der Waals surface area contributed by atoms with Gasteiger partial charge < -0.3 is 14.3 Å². The molecular formula is C27H24N4O3. The maximum Gasteiger partial charge on any atom is 0.331 e. The van der Waals surface area contributed by atoms with Crippen molar-refractivity contribution < 1.29 is 4.42 Å². The van der Waals surface area contributed by atoms with Gasteiger partial charge in [0.2, 0.25) is 0 Å². The second-order valence-electron chi connectivity index (χ2n) is 8.91. The summed E-state index contributed by atoms with van der Waals surface area (Å²) in [7, 11) is 3.24. The van der Waals surface area contributed by atoms with Crippen LogP contribution in [0.3, 0.4) is 0 Å². The van der Waals surface area contributed by atoms with E-state index in [0.717, 1.165) is 39.5 Å². The highest BCUT2D eigenvalue weighted by Gasteiger charge is 2.36. The molecule has 7 heteroatoms. The number of nitrogens with one attached hydrogen (secondary N) is 1. The van der Waals surface area contributed by atoms with Crippen LogP contribution in [0.2, 0.25) is 0 Å². The molecule has 0 saturated carbocycles. The van der Waals surface area contributed by atoms with E-state index in [1.165, 1.54) is 11.6 Å². The van der Waals surface area contributed by atoms with E-state index < -0.39 is 0 Å². The minimum Gasteiger partial charge on any atom is -0.467 e. The van der Waals surface area contributed by atoms with Crippen molar-refractivity contribution >= 4 is 16.6 Å². The molecule has 34 heavy (non-hydrogen) atoms. The first kappa shape index (κ1) is 20.4. The molecular weight excluding hydrogens is 428 g/mol. The van der Waals surface area contributed by atoms with Gasteiger partial charge in [0, 0.05) is 14.1 Å². The van der Waals surface area contributed by atoms with Gasteiger partial charge in [-0.2, -0.15) is 0 Å². The second kappa shape index (κ2) is 7.12. The fourth-order valence-corrected chi connectivity index (χ4v) is 5.07. The lowest BCUT2D eigenvalue weighted by Gasteiger charge is -2.30. The molecule has 0 fully saturated rings. The normalized spacial score (nSPS) is 14.6. The summed E-state index contributed by atoms with van der Waals surface area (Å²) in [5.74, 6) is 0.706. The van der Waals surface area contributed by atoms with Crippen LogP contribution in [0.1, 0.15) is 28.6 Å². The zero-order valence-corrected chi connectivity index (χ0v) is 19.4. The Labute approximate surface area is 195 Å². The van der Waals surface area contributed by atoms with Crippen molar-refractivity contribution in [3.05, 3.63) is 104 Å². The summed E-state index contributed by atoms with van der Waals surface area (Å²) < 4.78 is 10.7. The first-order chi connectivity index (χ1) is 16.4. The lowest BCUT2D eigenvalue weighted by Crippen LogP contribution is -2.37. The lowest BCUT2D eigenvalue weighted by atomic mass is 10.0. The van der Waals surface area contributed by atoms with E-state index in [9.17, 15) is 9.59 Å². The second-order valence-corrected chi connectivity index (χ2v) is 8.91. The molecule has 0 bridgehead atoms. The first-order valence-electron chi connectivity index (χ1n) is 11.2. The molecule has 0 amide bonds. The third kappa shape index (κ3) is 2.64. The molecule has 1 aliphatic heterocycles. The summed E-state index contributed by atoms with van der Waals surface area (Å²) in [5, 5.41) is 4.13. The summed E-state index contributed by atoms with van der Waals surface area (Å²) >= 11 is 0. The number of nitrogens with zero attached hydrogens (tertiary/aromatic N) is 3. The molecule has 0 spiro atoms. The van der Waals surface area contributed by atoms with Crippen molar-refractivity contribution in [3.63, 3.8) is 0 Å². The zero-order chi connectivity index (χ0) is 23.7. The van der Waals surface area contributed by atoms with Crippen LogP contribution in [-0.2, 0) is 14.1 Å². The van der Waals surface area contributed by atoms with Crippen molar-refractivity contribution in [1.29, 1.82) is 0 Å². The number of rotatable bonds is 2. The molecule has 7 nitrogen and oxygen atoms in total. The van der Waals surface area contributed by atoms with Gasteiger partial charge in [0.1, 0.15) is 11.8 Å². The van der Waals surface area contributed by atoms with E-state index in [1.807, 2.05) is 42.5 Å². The number of aromatic nitrogens is 3. The summed E-state index contributed by atoms with van der Waals surface area (Å²) in [6.45, 7) is 4.16. The number of fused-ring (bicyclic) bond motifs is 5. The molecule has 6 rings (SSSR count). The monoisotopic (exact) mass is 452 g/mol. The van der Waals surface area contributed by atoms with Crippen LogP contribution in [0.5, 0.6) is 0 Å². The van der Waals surface area contributed by atoms with E-state index in [1.54, 1.807) is 17.9 Å². The molecule has 0 radical (unpaired) electrons. The molecule has 0 saturated heterocycles. The van der Waals surface area contributed by atoms with E-state index in [2.05, 4.69) is 35.9 Å². The van der Waals surface area contributed by atoms with Gasteiger partial charge in [-0.1, -0.05) is 30.3 Å². The molecule has 1 N–H and O–H groups in total. The van der Waals surface area contributed by atoms with Crippen LogP contribution in [-0.4, -0.2) is 13.7 Å². The largest absolute Gasteiger partial charge is 0.467 e. The molecule has 1 aliphatic rings. The third-order valence-corrected chi connectivity index (χ3v) is 6.91. The Morgan fingerprint density at radius 1 is 0.912 bits per heavy atom. The number of aryl methyl sites for hydroxylation is 3. The number of anilines is 1. The average Bonchev–Trinajstić information content (AvgIpc) is 3.49. The van der Waals surface area contributed by atoms with Crippen molar-refractivity contribution in [2.45, 2.75) is 19.9 Å². The summed E-state index contributed by atoms with van der Waals surface area (Å²) in [6, 6.07) is 17.5. The predicted octanol–water partition coefficient (Wildman–Crippen LogP) is 4.42.